The van der Waals surface area contributed by atoms with Gasteiger partial charge in [-0.15, -0.1) is 11.6 Å². The Hall–Kier alpha value is -0.220. The van der Waals surface area contributed by atoms with Crippen molar-refractivity contribution in [1.82, 2.24) is 0 Å². The molecule has 0 aromatic carbocycles. The molecule has 0 N–H and O–H groups in total. The molecular formula is C9H14ClN. The van der Waals surface area contributed by atoms with Gasteiger partial charge in [-0.3, -0.25) is 0 Å². The standard InChI is InChI=1S/C9H14ClN/c1-8-3-2-5-9(10,7-11)6-4-8/h8H,2-6H2,1H3. The van der Waals surface area contributed by atoms with Crippen LogP contribution in [0.25, 0.3) is 0 Å². The van der Waals surface area contributed by atoms with Crippen LogP contribution in [-0.2, 0) is 0 Å². The van der Waals surface area contributed by atoms with Crippen LogP contribution in [0.15, 0.2) is 0 Å². The molecule has 0 amide bonds. The second kappa shape index (κ2) is 3.45. The average Bonchev–Trinajstić information content (AvgIpc) is 2.15. The van der Waals surface area contributed by atoms with E-state index in [9.17, 15) is 0 Å². The van der Waals surface area contributed by atoms with Crippen LogP contribution in [0.4, 0.5) is 0 Å². The third-order valence-corrected chi connectivity index (χ3v) is 2.97. The summed E-state index contributed by atoms with van der Waals surface area (Å²) in [7, 11) is 0. The fraction of sp³-hybridized carbons (Fsp3) is 0.889. The van der Waals surface area contributed by atoms with Gasteiger partial charge in [0, 0.05) is 0 Å². The molecular weight excluding hydrogens is 158 g/mol. The van der Waals surface area contributed by atoms with Gasteiger partial charge >= 0.3 is 0 Å². The van der Waals surface area contributed by atoms with E-state index in [-0.39, 0.29) is 0 Å². The Morgan fingerprint density at radius 2 is 2.18 bits per heavy atom. The van der Waals surface area contributed by atoms with E-state index in [1.807, 2.05) is 0 Å². The second-order valence-corrected chi connectivity index (χ2v) is 4.34. The Kier molecular flexibility index (Phi) is 2.78. The highest BCUT2D eigenvalue weighted by molar-refractivity contribution is 6.25. The first-order chi connectivity index (χ1) is 5.16. The SMILES string of the molecule is CC1CCCC(Cl)(C#N)CC1. The summed E-state index contributed by atoms with van der Waals surface area (Å²) in [6, 6.07) is 2.21. The van der Waals surface area contributed by atoms with Gasteiger partial charge in [0.1, 0.15) is 4.87 Å². The number of alkyl halides is 1. The van der Waals surface area contributed by atoms with Gasteiger partial charge in [-0.2, -0.15) is 5.26 Å². The van der Waals surface area contributed by atoms with Gasteiger partial charge in [0.15, 0.2) is 0 Å². The Morgan fingerprint density at radius 3 is 2.82 bits per heavy atom. The quantitative estimate of drug-likeness (QED) is 0.406. The number of hydrogen-bond acceptors (Lipinski definition) is 1. The molecule has 11 heavy (non-hydrogen) atoms. The van der Waals surface area contributed by atoms with Crippen LogP contribution >= 0.6 is 11.6 Å². The largest absolute Gasteiger partial charge is 0.196 e. The first kappa shape index (κ1) is 8.87. The minimum absolute atomic E-state index is 0.537. The van der Waals surface area contributed by atoms with Gasteiger partial charge in [-0.1, -0.05) is 19.8 Å². The number of halogens is 1. The zero-order valence-corrected chi connectivity index (χ0v) is 7.69. The minimum atomic E-state index is -0.537. The molecule has 0 radical (unpaired) electrons. The predicted molar refractivity (Wildman–Crippen MR) is 46.4 cm³/mol. The number of nitriles is 1. The first-order valence-electron chi connectivity index (χ1n) is 4.26. The topological polar surface area (TPSA) is 23.8 Å². The van der Waals surface area contributed by atoms with Crippen molar-refractivity contribution in [3.05, 3.63) is 0 Å². The fourth-order valence-electron chi connectivity index (χ4n) is 1.59. The van der Waals surface area contributed by atoms with Gasteiger partial charge in [0.25, 0.3) is 0 Å². The molecule has 2 atom stereocenters. The molecule has 2 unspecified atom stereocenters. The van der Waals surface area contributed by atoms with Crippen LogP contribution in [0.5, 0.6) is 0 Å². The van der Waals surface area contributed by atoms with E-state index in [1.165, 1.54) is 6.42 Å². The molecule has 1 fully saturated rings. The van der Waals surface area contributed by atoms with Crippen molar-refractivity contribution in [3.63, 3.8) is 0 Å². The second-order valence-electron chi connectivity index (χ2n) is 3.61. The van der Waals surface area contributed by atoms with Crippen molar-refractivity contribution in [2.24, 2.45) is 5.92 Å². The highest BCUT2D eigenvalue weighted by Gasteiger charge is 2.29. The van der Waals surface area contributed by atoms with Gasteiger partial charge in [-0.05, 0) is 25.2 Å². The third-order valence-electron chi connectivity index (χ3n) is 2.50. The van der Waals surface area contributed by atoms with E-state index >= 15 is 0 Å². The van der Waals surface area contributed by atoms with Crippen molar-refractivity contribution in [2.75, 3.05) is 0 Å². The molecule has 0 saturated heterocycles. The fourth-order valence-corrected chi connectivity index (χ4v) is 1.83. The summed E-state index contributed by atoms with van der Waals surface area (Å²) in [6.07, 6.45) is 5.19. The zero-order chi connectivity index (χ0) is 8.32. The summed E-state index contributed by atoms with van der Waals surface area (Å²) in [5.41, 5.74) is 0. The molecule has 1 aliphatic rings. The van der Waals surface area contributed by atoms with Gasteiger partial charge < -0.3 is 0 Å². The monoisotopic (exact) mass is 171 g/mol. The van der Waals surface area contributed by atoms with Crippen LogP contribution < -0.4 is 0 Å². The van der Waals surface area contributed by atoms with Crippen molar-refractivity contribution >= 4 is 11.6 Å². The predicted octanol–water partition coefficient (Wildman–Crippen LogP) is 3.09. The summed E-state index contributed by atoms with van der Waals surface area (Å²) in [6.45, 7) is 2.24. The molecule has 0 spiro atoms. The third kappa shape index (κ3) is 2.38. The number of hydrogen-bond donors (Lipinski definition) is 0. The lowest BCUT2D eigenvalue weighted by Crippen LogP contribution is -2.16. The molecule has 1 rings (SSSR count). The lowest BCUT2D eigenvalue weighted by molar-refractivity contribution is 0.501. The Balaban J connectivity index is 2.54. The molecule has 1 saturated carbocycles. The van der Waals surface area contributed by atoms with Crippen LogP contribution in [0, 0.1) is 17.2 Å². The van der Waals surface area contributed by atoms with Crippen molar-refractivity contribution in [1.29, 1.82) is 5.26 Å². The maximum absolute atomic E-state index is 8.78. The summed E-state index contributed by atoms with van der Waals surface area (Å²) >= 11 is 6.07. The van der Waals surface area contributed by atoms with Crippen LogP contribution in [0.1, 0.15) is 39.0 Å². The van der Waals surface area contributed by atoms with Gasteiger partial charge in [0.05, 0.1) is 6.07 Å². The molecule has 0 aromatic heterocycles. The van der Waals surface area contributed by atoms with E-state index in [0.29, 0.717) is 0 Å². The maximum atomic E-state index is 8.78. The maximum Gasteiger partial charge on any atom is 0.131 e. The normalized spacial score (nSPS) is 39.2. The van der Waals surface area contributed by atoms with E-state index < -0.39 is 4.87 Å². The Labute approximate surface area is 73.3 Å². The Morgan fingerprint density at radius 1 is 1.45 bits per heavy atom. The summed E-state index contributed by atoms with van der Waals surface area (Å²) < 4.78 is 0. The lowest BCUT2D eigenvalue weighted by atomic mass is 10.00. The highest BCUT2D eigenvalue weighted by Crippen LogP contribution is 2.34. The summed E-state index contributed by atoms with van der Waals surface area (Å²) in [5.74, 6) is 0.754. The summed E-state index contributed by atoms with van der Waals surface area (Å²) in [5, 5.41) is 8.78. The van der Waals surface area contributed by atoms with E-state index in [1.54, 1.807) is 0 Å². The first-order valence-corrected chi connectivity index (χ1v) is 4.64. The highest BCUT2D eigenvalue weighted by atomic mass is 35.5. The van der Waals surface area contributed by atoms with Crippen molar-refractivity contribution < 1.29 is 0 Å². The Bertz CT molecular complexity index is 173. The van der Waals surface area contributed by atoms with Crippen LogP contribution in [0.3, 0.4) is 0 Å². The van der Waals surface area contributed by atoms with Crippen LogP contribution in [-0.4, -0.2) is 4.87 Å². The van der Waals surface area contributed by atoms with E-state index in [4.69, 9.17) is 16.9 Å². The lowest BCUT2D eigenvalue weighted by Gasteiger charge is -2.14. The molecule has 0 aliphatic heterocycles. The minimum Gasteiger partial charge on any atom is -0.196 e. The van der Waals surface area contributed by atoms with E-state index in [2.05, 4.69) is 13.0 Å². The van der Waals surface area contributed by atoms with Crippen LogP contribution in [0.2, 0.25) is 0 Å². The van der Waals surface area contributed by atoms with Gasteiger partial charge in [0.2, 0.25) is 0 Å². The van der Waals surface area contributed by atoms with Crippen molar-refractivity contribution in [2.45, 2.75) is 43.9 Å². The molecule has 0 heterocycles. The summed E-state index contributed by atoms with van der Waals surface area (Å²) in [4.78, 5) is -0.537. The smallest absolute Gasteiger partial charge is 0.131 e. The molecule has 0 bridgehead atoms. The van der Waals surface area contributed by atoms with E-state index in [0.717, 1.165) is 31.6 Å². The zero-order valence-electron chi connectivity index (χ0n) is 6.94. The number of rotatable bonds is 0. The molecule has 0 aromatic rings. The molecule has 62 valence electrons. The molecule has 2 heteroatoms. The van der Waals surface area contributed by atoms with Gasteiger partial charge in [-0.25, -0.2) is 0 Å². The molecule has 1 nitrogen and oxygen atoms in total. The average molecular weight is 172 g/mol. The van der Waals surface area contributed by atoms with Crippen molar-refractivity contribution in [3.8, 4) is 6.07 Å². The molecule has 1 aliphatic carbocycles. The number of nitrogens with zero attached hydrogens (tertiary/aromatic N) is 1.